The molecule has 1 aliphatic carbocycles. The van der Waals surface area contributed by atoms with E-state index in [0.717, 1.165) is 18.5 Å². The molecule has 1 aliphatic rings. The lowest BCUT2D eigenvalue weighted by molar-refractivity contribution is 0.0892. The van der Waals surface area contributed by atoms with Crippen molar-refractivity contribution < 1.29 is 9.53 Å². The lowest BCUT2D eigenvalue weighted by Gasteiger charge is -2.20. The van der Waals surface area contributed by atoms with E-state index in [9.17, 15) is 4.79 Å². The van der Waals surface area contributed by atoms with Crippen molar-refractivity contribution >= 4 is 5.91 Å². The van der Waals surface area contributed by atoms with Crippen molar-refractivity contribution in [1.29, 1.82) is 0 Å². The molecule has 0 fully saturated rings. The molecule has 0 saturated heterocycles. The van der Waals surface area contributed by atoms with E-state index in [1.54, 1.807) is 18.0 Å². The molecule has 1 aromatic heterocycles. The van der Waals surface area contributed by atoms with Crippen LogP contribution in [-0.4, -0.2) is 29.4 Å². The molecule has 5 nitrogen and oxygen atoms in total. The van der Waals surface area contributed by atoms with Gasteiger partial charge in [-0.15, -0.1) is 0 Å². The van der Waals surface area contributed by atoms with Crippen molar-refractivity contribution in [3.8, 4) is 0 Å². The highest BCUT2D eigenvalue weighted by atomic mass is 16.5. The number of fused-ring (bicyclic) bond motifs is 1. The van der Waals surface area contributed by atoms with Gasteiger partial charge >= 0.3 is 0 Å². The van der Waals surface area contributed by atoms with Crippen LogP contribution in [0.25, 0.3) is 0 Å². The average Bonchev–Trinajstić information content (AvgIpc) is 3.00. The summed E-state index contributed by atoms with van der Waals surface area (Å²) in [4.78, 5) is 12.6. The van der Waals surface area contributed by atoms with Gasteiger partial charge in [-0.1, -0.05) is 6.07 Å². The highest BCUT2D eigenvalue weighted by Gasteiger charge is 2.19. The summed E-state index contributed by atoms with van der Waals surface area (Å²) in [5, 5.41) is 7.23. The van der Waals surface area contributed by atoms with E-state index in [0.29, 0.717) is 12.2 Å². The molecule has 1 heterocycles. The van der Waals surface area contributed by atoms with Crippen molar-refractivity contribution in [2.75, 3.05) is 13.7 Å². The van der Waals surface area contributed by atoms with Gasteiger partial charge in [0.15, 0.2) is 0 Å². The van der Waals surface area contributed by atoms with E-state index in [4.69, 9.17) is 4.74 Å². The Morgan fingerprint density at radius 1 is 1.30 bits per heavy atom. The summed E-state index contributed by atoms with van der Waals surface area (Å²) in [5.41, 5.74) is 4.34. The van der Waals surface area contributed by atoms with Crippen LogP contribution in [0.1, 0.15) is 46.1 Å². The number of carbonyl (C=O) groups excluding carboxylic acids is 1. The van der Waals surface area contributed by atoms with Gasteiger partial charge in [0.05, 0.1) is 18.3 Å². The van der Waals surface area contributed by atoms with E-state index in [2.05, 4.69) is 16.5 Å². The van der Waals surface area contributed by atoms with E-state index in [1.165, 1.54) is 24.0 Å². The molecule has 3 rings (SSSR count). The van der Waals surface area contributed by atoms with Gasteiger partial charge < -0.3 is 10.1 Å². The number of aryl methyl sites for hydroxylation is 3. The summed E-state index contributed by atoms with van der Waals surface area (Å²) in [6, 6.07) is 7.75. The molecule has 1 amide bonds. The SMILES string of the molecule is COCC(NC(=O)c1ccc2c(c1)CCCC2)c1ccnn1C. The van der Waals surface area contributed by atoms with Crippen LogP contribution in [0, 0.1) is 0 Å². The van der Waals surface area contributed by atoms with Gasteiger partial charge in [-0.2, -0.15) is 5.10 Å². The summed E-state index contributed by atoms with van der Waals surface area (Å²) in [7, 11) is 3.50. The zero-order valence-electron chi connectivity index (χ0n) is 13.7. The number of nitrogens with one attached hydrogen (secondary N) is 1. The highest BCUT2D eigenvalue weighted by molar-refractivity contribution is 5.94. The molecule has 122 valence electrons. The van der Waals surface area contributed by atoms with Gasteiger partial charge in [-0.05, 0) is 55.0 Å². The Morgan fingerprint density at radius 3 is 2.78 bits per heavy atom. The second-order valence-corrected chi connectivity index (χ2v) is 6.05. The minimum atomic E-state index is -0.212. The van der Waals surface area contributed by atoms with Gasteiger partial charge in [-0.25, -0.2) is 0 Å². The monoisotopic (exact) mass is 313 g/mol. The second-order valence-electron chi connectivity index (χ2n) is 6.05. The summed E-state index contributed by atoms with van der Waals surface area (Å²) >= 11 is 0. The Hall–Kier alpha value is -2.14. The molecule has 0 radical (unpaired) electrons. The fourth-order valence-corrected chi connectivity index (χ4v) is 3.21. The maximum atomic E-state index is 12.6. The van der Waals surface area contributed by atoms with Gasteiger partial charge in [0.25, 0.3) is 5.91 Å². The predicted octanol–water partition coefficient (Wildman–Crippen LogP) is 2.42. The lowest BCUT2D eigenvalue weighted by Crippen LogP contribution is -2.32. The molecule has 0 spiro atoms. The first kappa shape index (κ1) is 15.7. The van der Waals surface area contributed by atoms with Crippen molar-refractivity contribution in [2.24, 2.45) is 7.05 Å². The van der Waals surface area contributed by atoms with E-state index >= 15 is 0 Å². The van der Waals surface area contributed by atoms with Crippen LogP contribution in [0.5, 0.6) is 0 Å². The average molecular weight is 313 g/mol. The first-order chi connectivity index (χ1) is 11.2. The minimum Gasteiger partial charge on any atom is -0.382 e. The molecule has 0 aliphatic heterocycles. The van der Waals surface area contributed by atoms with Crippen LogP contribution in [0.3, 0.4) is 0 Å². The maximum Gasteiger partial charge on any atom is 0.251 e. The predicted molar refractivity (Wildman–Crippen MR) is 88.4 cm³/mol. The molecule has 2 aromatic rings. The van der Waals surface area contributed by atoms with Crippen LogP contribution in [0.15, 0.2) is 30.5 Å². The summed E-state index contributed by atoms with van der Waals surface area (Å²) in [6.07, 6.45) is 6.37. The Bertz CT molecular complexity index is 693. The fraction of sp³-hybridized carbons (Fsp3) is 0.444. The number of carbonyl (C=O) groups is 1. The fourth-order valence-electron chi connectivity index (χ4n) is 3.21. The molecule has 1 unspecified atom stereocenters. The number of nitrogens with zero attached hydrogens (tertiary/aromatic N) is 2. The summed E-state index contributed by atoms with van der Waals surface area (Å²) < 4.78 is 7.01. The number of ether oxygens (including phenoxy) is 1. The second kappa shape index (κ2) is 6.96. The van der Waals surface area contributed by atoms with Crippen LogP contribution >= 0.6 is 0 Å². The number of hydrogen-bond donors (Lipinski definition) is 1. The third-order valence-corrected chi connectivity index (χ3v) is 4.47. The Morgan fingerprint density at radius 2 is 2.09 bits per heavy atom. The maximum absolute atomic E-state index is 12.6. The van der Waals surface area contributed by atoms with Crippen molar-refractivity contribution in [2.45, 2.75) is 31.7 Å². The van der Waals surface area contributed by atoms with Crippen LogP contribution in [0.2, 0.25) is 0 Å². The number of methoxy groups -OCH3 is 1. The van der Waals surface area contributed by atoms with E-state index in [1.807, 2.05) is 25.2 Å². The van der Waals surface area contributed by atoms with E-state index < -0.39 is 0 Å². The molecule has 1 N–H and O–H groups in total. The number of aromatic nitrogens is 2. The summed E-state index contributed by atoms with van der Waals surface area (Å²) in [6.45, 7) is 0.413. The van der Waals surface area contributed by atoms with Gasteiger partial charge in [-0.3, -0.25) is 9.48 Å². The Labute approximate surface area is 136 Å². The van der Waals surface area contributed by atoms with Crippen molar-refractivity contribution in [3.63, 3.8) is 0 Å². The molecule has 1 atom stereocenters. The molecule has 0 bridgehead atoms. The van der Waals surface area contributed by atoms with Gasteiger partial charge in [0, 0.05) is 25.9 Å². The molecule has 5 heteroatoms. The van der Waals surface area contributed by atoms with Crippen LogP contribution in [0.4, 0.5) is 0 Å². The number of benzene rings is 1. The van der Waals surface area contributed by atoms with E-state index in [-0.39, 0.29) is 11.9 Å². The molecular formula is C18H23N3O2. The first-order valence-corrected chi connectivity index (χ1v) is 8.08. The number of amides is 1. The summed E-state index contributed by atoms with van der Waals surface area (Å²) in [5.74, 6) is -0.0679. The van der Waals surface area contributed by atoms with Gasteiger partial charge in [0.1, 0.15) is 0 Å². The molecule has 1 aromatic carbocycles. The highest BCUT2D eigenvalue weighted by Crippen LogP contribution is 2.22. The van der Waals surface area contributed by atoms with Gasteiger partial charge in [0.2, 0.25) is 0 Å². The number of hydrogen-bond acceptors (Lipinski definition) is 3. The zero-order valence-corrected chi connectivity index (χ0v) is 13.7. The molecular weight excluding hydrogens is 290 g/mol. The lowest BCUT2D eigenvalue weighted by atomic mass is 9.90. The molecule has 0 saturated carbocycles. The molecule has 23 heavy (non-hydrogen) atoms. The normalized spacial score (nSPS) is 15.0. The third-order valence-electron chi connectivity index (χ3n) is 4.47. The quantitative estimate of drug-likeness (QED) is 0.922. The zero-order chi connectivity index (χ0) is 16.2. The standard InChI is InChI=1S/C18H23N3O2/c1-21-17(9-10-19-21)16(12-23-2)20-18(22)15-8-7-13-5-3-4-6-14(13)11-15/h7-11,16H,3-6,12H2,1-2H3,(H,20,22). The Kier molecular flexibility index (Phi) is 4.76. The first-order valence-electron chi connectivity index (χ1n) is 8.08. The Balaban J connectivity index is 1.78. The third kappa shape index (κ3) is 3.45. The topological polar surface area (TPSA) is 56.1 Å². The number of rotatable bonds is 5. The van der Waals surface area contributed by atoms with Crippen LogP contribution in [-0.2, 0) is 24.6 Å². The van der Waals surface area contributed by atoms with Crippen molar-refractivity contribution in [3.05, 3.63) is 52.8 Å². The smallest absolute Gasteiger partial charge is 0.251 e. The minimum absolute atomic E-state index is 0.0679. The largest absolute Gasteiger partial charge is 0.382 e. The van der Waals surface area contributed by atoms with Crippen molar-refractivity contribution in [1.82, 2.24) is 15.1 Å². The van der Waals surface area contributed by atoms with Crippen LogP contribution < -0.4 is 5.32 Å².